The third-order valence-electron chi connectivity index (χ3n) is 4.63. The lowest BCUT2D eigenvalue weighted by molar-refractivity contribution is -0.126. The van der Waals surface area contributed by atoms with Gasteiger partial charge in [0.15, 0.2) is 0 Å². The van der Waals surface area contributed by atoms with Crippen molar-refractivity contribution >= 4 is 17.5 Å². The van der Waals surface area contributed by atoms with Crippen LogP contribution in [0.15, 0.2) is 42.6 Å². The number of rotatable bonds is 6. The molecule has 1 aromatic heterocycles. The summed E-state index contributed by atoms with van der Waals surface area (Å²) in [6.07, 6.45) is 2.76. The topological polar surface area (TPSA) is 71.5 Å². The first-order valence-corrected chi connectivity index (χ1v) is 8.77. The second-order valence-corrected chi connectivity index (χ2v) is 6.31. The van der Waals surface area contributed by atoms with E-state index in [1.165, 1.54) is 0 Å². The van der Waals surface area contributed by atoms with Gasteiger partial charge in [0.2, 0.25) is 17.7 Å². The molecule has 0 radical (unpaired) electrons. The molecule has 3 rings (SSSR count). The van der Waals surface area contributed by atoms with E-state index < -0.39 is 0 Å². The molecule has 1 aliphatic rings. The minimum absolute atomic E-state index is 0.00263. The van der Waals surface area contributed by atoms with Gasteiger partial charge in [-0.15, -0.1) is 0 Å². The zero-order chi connectivity index (χ0) is 18.5. The molecule has 1 aliphatic heterocycles. The number of carbonyl (C=O) groups is 2. The maximum absolute atomic E-state index is 12.5. The molecule has 1 fully saturated rings. The number of benzene rings is 1. The first kappa shape index (κ1) is 17.9. The smallest absolute Gasteiger partial charge is 0.227 e. The molecule has 0 bridgehead atoms. The molecule has 0 aliphatic carbocycles. The largest absolute Gasteiger partial charge is 0.481 e. The molecule has 0 spiro atoms. The monoisotopic (exact) mass is 353 g/mol. The van der Waals surface area contributed by atoms with E-state index in [4.69, 9.17) is 4.74 Å². The van der Waals surface area contributed by atoms with Crippen molar-refractivity contribution in [2.75, 3.05) is 18.6 Å². The van der Waals surface area contributed by atoms with Crippen molar-refractivity contribution in [3.8, 4) is 5.88 Å². The van der Waals surface area contributed by atoms with Crippen LogP contribution in [0.3, 0.4) is 0 Å². The van der Waals surface area contributed by atoms with E-state index in [-0.39, 0.29) is 24.2 Å². The lowest BCUT2D eigenvalue weighted by Gasteiger charge is -2.20. The highest BCUT2D eigenvalue weighted by Crippen LogP contribution is 2.28. The van der Waals surface area contributed by atoms with E-state index >= 15 is 0 Å². The van der Waals surface area contributed by atoms with Gasteiger partial charge >= 0.3 is 0 Å². The number of ether oxygens (including phenoxy) is 1. The van der Waals surface area contributed by atoms with E-state index in [1.54, 1.807) is 24.3 Å². The normalized spacial score (nSPS) is 16.6. The van der Waals surface area contributed by atoms with Crippen LogP contribution in [0, 0.1) is 5.92 Å². The van der Waals surface area contributed by atoms with Crippen molar-refractivity contribution in [2.24, 2.45) is 5.92 Å². The second kappa shape index (κ2) is 7.99. The summed E-state index contributed by atoms with van der Waals surface area (Å²) >= 11 is 0. The molecule has 2 heterocycles. The molecular formula is C20H23N3O3. The van der Waals surface area contributed by atoms with Crippen LogP contribution < -0.4 is 15.0 Å². The zero-order valence-electron chi connectivity index (χ0n) is 15.1. The highest BCUT2D eigenvalue weighted by atomic mass is 16.5. The summed E-state index contributed by atoms with van der Waals surface area (Å²) < 4.78 is 5.02. The van der Waals surface area contributed by atoms with Crippen LogP contribution in [0.1, 0.15) is 24.5 Å². The zero-order valence-corrected chi connectivity index (χ0v) is 15.1. The maximum Gasteiger partial charge on any atom is 0.227 e. The van der Waals surface area contributed by atoms with Crippen LogP contribution in [0.25, 0.3) is 0 Å². The molecule has 136 valence electrons. The summed E-state index contributed by atoms with van der Waals surface area (Å²) in [5.41, 5.74) is 2.91. The van der Waals surface area contributed by atoms with Gasteiger partial charge in [-0.1, -0.05) is 31.2 Å². The van der Waals surface area contributed by atoms with E-state index in [0.29, 0.717) is 19.0 Å². The van der Waals surface area contributed by atoms with Gasteiger partial charge in [0.25, 0.3) is 0 Å². The molecule has 2 aromatic rings. The second-order valence-electron chi connectivity index (χ2n) is 6.31. The Labute approximate surface area is 153 Å². The molecule has 2 amide bonds. The lowest BCUT2D eigenvalue weighted by atomic mass is 10.1. The number of hydrogen-bond acceptors (Lipinski definition) is 4. The number of aryl methyl sites for hydroxylation is 1. The molecule has 0 saturated carbocycles. The molecular weight excluding hydrogens is 330 g/mol. The number of nitrogens with one attached hydrogen (secondary N) is 1. The fourth-order valence-electron chi connectivity index (χ4n) is 3.16. The Morgan fingerprint density at radius 2 is 2.12 bits per heavy atom. The number of nitrogens with zero attached hydrogens (tertiary/aromatic N) is 2. The summed E-state index contributed by atoms with van der Waals surface area (Å²) in [5.74, 6) is 0.0909. The number of aromatic nitrogens is 1. The minimum atomic E-state index is -0.335. The molecule has 6 heteroatoms. The highest BCUT2D eigenvalue weighted by molar-refractivity contribution is 6.00. The number of anilines is 1. The number of pyridine rings is 1. The third kappa shape index (κ3) is 3.85. The predicted octanol–water partition coefficient (Wildman–Crippen LogP) is 2.32. The fourth-order valence-corrected chi connectivity index (χ4v) is 3.16. The third-order valence-corrected chi connectivity index (χ3v) is 4.63. The van der Waals surface area contributed by atoms with Gasteiger partial charge in [-0.2, -0.15) is 0 Å². The van der Waals surface area contributed by atoms with Crippen molar-refractivity contribution in [1.29, 1.82) is 0 Å². The average molecular weight is 353 g/mol. The molecule has 26 heavy (non-hydrogen) atoms. The number of carbonyl (C=O) groups excluding carboxylic acids is 2. The van der Waals surface area contributed by atoms with Crippen LogP contribution in [0.5, 0.6) is 5.88 Å². The quantitative estimate of drug-likeness (QED) is 0.865. The first-order chi connectivity index (χ1) is 12.6. The van der Waals surface area contributed by atoms with Gasteiger partial charge in [0.1, 0.15) is 0 Å². The van der Waals surface area contributed by atoms with Crippen molar-refractivity contribution < 1.29 is 14.3 Å². The Bertz CT molecular complexity index is 789. The first-order valence-electron chi connectivity index (χ1n) is 8.77. The average Bonchev–Trinajstić information content (AvgIpc) is 3.08. The number of amides is 2. The summed E-state index contributed by atoms with van der Waals surface area (Å²) in [6, 6.07) is 11.5. The van der Waals surface area contributed by atoms with Crippen LogP contribution in [-0.2, 0) is 22.6 Å². The lowest BCUT2D eigenvalue weighted by Crippen LogP contribution is -2.32. The fraction of sp³-hybridized carbons (Fsp3) is 0.350. The van der Waals surface area contributed by atoms with Gasteiger partial charge in [0, 0.05) is 37.5 Å². The van der Waals surface area contributed by atoms with E-state index in [2.05, 4.69) is 17.2 Å². The molecule has 1 atom stereocenters. The summed E-state index contributed by atoms with van der Waals surface area (Å²) in [5, 5.41) is 2.90. The van der Waals surface area contributed by atoms with Crippen LogP contribution >= 0.6 is 0 Å². The Balaban J connectivity index is 1.61. The van der Waals surface area contributed by atoms with Crippen molar-refractivity contribution in [2.45, 2.75) is 26.3 Å². The minimum Gasteiger partial charge on any atom is -0.481 e. The SMILES string of the molecule is CCc1ccccc1N1CC(C(=O)NCc2ccc(OC)nc2)CC1=O. The molecule has 1 aromatic carbocycles. The van der Waals surface area contributed by atoms with Crippen molar-refractivity contribution in [3.63, 3.8) is 0 Å². The van der Waals surface area contributed by atoms with Gasteiger partial charge in [-0.25, -0.2) is 4.98 Å². The highest BCUT2D eigenvalue weighted by Gasteiger charge is 2.35. The van der Waals surface area contributed by atoms with E-state index in [1.807, 2.05) is 30.3 Å². The van der Waals surface area contributed by atoms with Crippen LogP contribution in [0.2, 0.25) is 0 Å². The van der Waals surface area contributed by atoms with Gasteiger partial charge in [-0.3, -0.25) is 9.59 Å². The number of para-hydroxylation sites is 1. The van der Waals surface area contributed by atoms with Crippen LogP contribution in [-0.4, -0.2) is 30.5 Å². The van der Waals surface area contributed by atoms with Crippen molar-refractivity contribution in [3.05, 3.63) is 53.7 Å². The Kier molecular flexibility index (Phi) is 5.51. The van der Waals surface area contributed by atoms with Crippen LogP contribution in [0.4, 0.5) is 5.69 Å². The van der Waals surface area contributed by atoms with Gasteiger partial charge in [0.05, 0.1) is 13.0 Å². The molecule has 1 saturated heterocycles. The van der Waals surface area contributed by atoms with E-state index in [0.717, 1.165) is 23.2 Å². The Morgan fingerprint density at radius 1 is 1.31 bits per heavy atom. The maximum atomic E-state index is 12.5. The Morgan fingerprint density at radius 3 is 2.81 bits per heavy atom. The van der Waals surface area contributed by atoms with Gasteiger partial charge < -0.3 is 15.0 Å². The summed E-state index contributed by atoms with van der Waals surface area (Å²) in [4.78, 5) is 30.8. The molecule has 1 unspecified atom stereocenters. The van der Waals surface area contributed by atoms with Gasteiger partial charge in [-0.05, 0) is 23.6 Å². The summed E-state index contributed by atoms with van der Waals surface area (Å²) in [6.45, 7) is 2.86. The number of methoxy groups -OCH3 is 1. The number of hydrogen-bond donors (Lipinski definition) is 1. The Hall–Kier alpha value is -2.89. The molecule has 1 N–H and O–H groups in total. The van der Waals surface area contributed by atoms with E-state index in [9.17, 15) is 9.59 Å². The molecule has 6 nitrogen and oxygen atoms in total. The standard InChI is InChI=1S/C20H23N3O3/c1-3-15-6-4-5-7-17(15)23-13-16(10-19(23)24)20(25)22-12-14-8-9-18(26-2)21-11-14/h4-9,11,16H,3,10,12-13H2,1-2H3,(H,22,25). The predicted molar refractivity (Wildman–Crippen MR) is 98.9 cm³/mol. The summed E-state index contributed by atoms with van der Waals surface area (Å²) in [7, 11) is 1.56. The van der Waals surface area contributed by atoms with Crippen molar-refractivity contribution in [1.82, 2.24) is 10.3 Å².